The van der Waals surface area contributed by atoms with Crippen molar-refractivity contribution >= 4 is 40.3 Å². The van der Waals surface area contributed by atoms with Gasteiger partial charge in [0.2, 0.25) is 0 Å². The Bertz CT molecular complexity index is 1230. The van der Waals surface area contributed by atoms with Crippen LogP contribution in [0.1, 0.15) is 61.2 Å². The molecule has 0 aliphatic carbocycles. The quantitative estimate of drug-likeness (QED) is 0.368. The number of hydrogen-bond donors (Lipinski definition) is 3. The van der Waals surface area contributed by atoms with E-state index in [-0.39, 0.29) is 53.6 Å². The van der Waals surface area contributed by atoms with Gasteiger partial charge in [-0.05, 0) is 48.6 Å². The van der Waals surface area contributed by atoms with Gasteiger partial charge in [-0.25, -0.2) is 4.79 Å². The predicted octanol–water partition coefficient (Wildman–Crippen LogP) is 4.37. The van der Waals surface area contributed by atoms with Gasteiger partial charge in [-0.1, -0.05) is 26.8 Å². The zero-order valence-corrected chi connectivity index (χ0v) is 24.0. The van der Waals surface area contributed by atoms with Gasteiger partial charge < -0.3 is 29.5 Å². The molecule has 1 fully saturated rings. The van der Waals surface area contributed by atoms with Crippen LogP contribution in [0.15, 0.2) is 30.3 Å². The lowest BCUT2D eigenvalue weighted by atomic mass is 9.84. The highest BCUT2D eigenvalue weighted by atomic mass is 79.9. The lowest BCUT2D eigenvalue weighted by molar-refractivity contribution is -0.143. The SMILES string of the molecule is Br.CCOc1ccc2c(c1)C(=N)N(CC(=O)c1cc(N3CCC(OCC(=O)O)C3)c(O)c(C(C)(C)C)c1)C2. The summed E-state index contributed by atoms with van der Waals surface area (Å²) in [4.78, 5) is 28.1. The Labute approximate surface area is 233 Å². The maximum absolute atomic E-state index is 13.5. The zero-order valence-electron chi connectivity index (χ0n) is 22.2. The number of nitrogens with zero attached hydrogens (tertiary/aromatic N) is 2. The molecule has 2 aromatic carbocycles. The van der Waals surface area contributed by atoms with Crippen LogP contribution in [0.25, 0.3) is 0 Å². The molecule has 1 unspecified atom stereocenters. The number of ketones is 1. The van der Waals surface area contributed by atoms with E-state index in [1.54, 1.807) is 17.0 Å². The molecule has 3 N–H and O–H groups in total. The monoisotopic (exact) mass is 589 g/mol. The molecule has 2 aromatic rings. The average Bonchev–Trinajstić information content (AvgIpc) is 3.42. The van der Waals surface area contributed by atoms with E-state index >= 15 is 0 Å². The smallest absolute Gasteiger partial charge is 0.329 e. The van der Waals surface area contributed by atoms with Gasteiger partial charge in [0.25, 0.3) is 0 Å². The molecule has 38 heavy (non-hydrogen) atoms. The minimum Gasteiger partial charge on any atom is -0.505 e. The zero-order chi connectivity index (χ0) is 26.9. The van der Waals surface area contributed by atoms with Crippen molar-refractivity contribution in [2.45, 2.75) is 52.2 Å². The summed E-state index contributed by atoms with van der Waals surface area (Å²) in [6.45, 7) is 9.52. The fraction of sp³-hybridized carbons (Fsp3) is 0.464. The number of Topliss-reactive ketones (excluding diaryl/α,β-unsaturated/α-hetero) is 1. The van der Waals surface area contributed by atoms with E-state index < -0.39 is 11.4 Å². The van der Waals surface area contributed by atoms with Crippen LogP contribution in [0.4, 0.5) is 5.69 Å². The van der Waals surface area contributed by atoms with Gasteiger partial charge in [-0.3, -0.25) is 10.2 Å². The Morgan fingerprint density at radius 1 is 1.18 bits per heavy atom. The van der Waals surface area contributed by atoms with Crippen molar-refractivity contribution in [1.82, 2.24) is 4.90 Å². The molecule has 0 bridgehead atoms. The number of fused-ring (bicyclic) bond motifs is 1. The van der Waals surface area contributed by atoms with Gasteiger partial charge in [0.05, 0.1) is 24.9 Å². The number of rotatable bonds is 9. The number of ether oxygens (including phenoxy) is 2. The molecular weight excluding hydrogens is 554 g/mol. The topological polar surface area (TPSA) is 123 Å². The Balaban J connectivity index is 0.00000400. The van der Waals surface area contributed by atoms with Crippen LogP contribution in [0.5, 0.6) is 11.5 Å². The molecule has 1 saturated heterocycles. The largest absolute Gasteiger partial charge is 0.505 e. The lowest BCUT2D eigenvalue weighted by Gasteiger charge is -2.27. The highest BCUT2D eigenvalue weighted by Crippen LogP contribution is 2.41. The summed E-state index contributed by atoms with van der Waals surface area (Å²) in [6.07, 6.45) is 0.362. The number of benzene rings is 2. The predicted molar refractivity (Wildman–Crippen MR) is 151 cm³/mol. The fourth-order valence-corrected chi connectivity index (χ4v) is 4.89. The third-order valence-electron chi connectivity index (χ3n) is 6.81. The summed E-state index contributed by atoms with van der Waals surface area (Å²) in [7, 11) is 0. The summed E-state index contributed by atoms with van der Waals surface area (Å²) >= 11 is 0. The van der Waals surface area contributed by atoms with Crippen molar-refractivity contribution in [3.05, 3.63) is 52.6 Å². The Hall–Kier alpha value is -3.11. The molecule has 2 aliphatic heterocycles. The second-order valence-corrected chi connectivity index (χ2v) is 10.6. The molecule has 0 aromatic heterocycles. The number of carboxylic acid groups (broad SMARTS) is 1. The first kappa shape index (κ1) is 29.4. The number of halogens is 1. The third-order valence-corrected chi connectivity index (χ3v) is 6.81. The highest BCUT2D eigenvalue weighted by Gasteiger charge is 2.31. The minimum atomic E-state index is -1.02. The van der Waals surface area contributed by atoms with E-state index in [0.29, 0.717) is 55.2 Å². The summed E-state index contributed by atoms with van der Waals surface area (Å²) in [5.41, 5.74) is 2.99. The van der Waals surface area contributed by atoms with Crippen LogP contribution in [0, 0.1) is 5.41 Å². The van der Waals surface area contributed by atoms with Gasteiger partial charge >= 0.3 is 5.97 Å². The molecule has 2 aliphatic rings. The van der Waals surface area contributed by atoms with Crippen LogP contribution in [0.2, 0.25) is 0 Å². The van der Waals surface area contributed by atoms with E-state index in [1.807, 2.05) is 50.8 Å². The molecule has 0 spiro atoms. The molecule has 0 radical (unpaired) electrons. The molecule has 1 atom stereocenters. The van der Waals surface area contributed by atoms with Gasteiger partial charge in [0.15, 0.2) is 5.78 Å². The van der Waals surface area contributed by atoms with Crippen molar-refractivity contribution in [2.24, 2.45) is 0 Å². The van der Waals surface area contributed by atoms with Crippen molar-refractivity contribution in [3.8, 4) is 11.5 Å². The Morgan fingerprint density at radius 2 is 1.92 bits per heavy atom. The summed E-state index contributed by atoms with van der Waals surface area (Å²) in [5, 5.41) is 28.7. The average molecular weight is 591 g/mol. The van der Waals surface area contributed by atoms with E-state index in [9.17, 15) is 14.7 Å². The Morgan fingerprint density at radius 3 is 2.58 bits per heavy atom. The van der Waals surface area contributed by atoms with E-state index in [0.717, 1.165) is 11.1 Å². The number of carbonyl (C=O) groups excluding carboxylic acids is 1. The van der Waals surface area contributed by atoms with Crippen LogP contribution >= 0.6 is 17.0 Å². The maximum atomic E-state index is 13.5. The third kappa shape index (κ3) is 6.30. The van der Waals surface area contributed by atoms with E-state index in [4.69, 9.17) is 20.0 Å². The lowest BCUT2D eigenvalue weighted by Crippen LogP contribution is -2.31. The summed E-state index contributed by atoms with van der Waals surface area (Å²) < 4.78 is 11.0. The van der Waals surface area contributed by atoms with Gasteiger partial charge in [0, 0.05) is 36.3 Å². The van der Waals surface area contributed by atoms with Crippen molar-refractivity contribution < 1.29 is 29.3 Å². The molecule has 2 heterocycles. The minimum absolute atomic E-state index is 0. The number of phenols is 1. The first-order valence-corrected chi connectivity index (χ1v) is 12.6. The number of hydrogen-bond acceptors (Lipinski definition) is 7. The Kier molecular flexibility index (Phi) is 9.09. The molecule has 10 heteroatoms. The summed E-state index contributed by atoms with van der Waals surface area (Å²) in [6, 6.07) is 9.11. The maximum Gasteiger partial charge on any atom is 0.329 e. The van der Waals surface area contributed by atoms with E-state index in [2.05, 4.69) is 0 Å². The molecular formula is C28H36BrN3O6. The number of aromatic hydroxyl groups is 1. The second-order valence-electron chi connectivity index (χ2n) is 10.6. The van der Waals surface area contributed by atoms with Gasteiger partial charge in [-0.2, -0.15) is 0 Å². The highest BCUT2D eigenvalue weighted by molar-refractivity contribution is 8.93. The summed E-state index contributed by atoms with van der Waals surface area (Å²) in [5.74, 6) is -0.0566. The van der Waals surface area contributed by atoms with E-state index in [1.165, 1.54) is 0 Å². The first-order chi connectivity index (χ1) is 17.5. The number of carboxylic acids is 1. The van der Waals surface area contributed by atoms with Crippen LogP contribution in [-0.2, 0) is 21.5 Å². The number of anilines is 1. The molecule has 0 saturated carbocycles. The van der Waals surface area contributed by atoms with Crippen LogP contribution in [0.3, 0.4) is 0 Å². The second kappa shape index (κ2) is 11.7. The van der Waals surface area contributed by atoms with Crippen LogP contribution in [-0.4, -0.2) is 71.7 Å². The normalized spacial score (nSPS) is 16.8. The number of amidine groups is 1. The fourth-order valence-electron chi connectivity index (χ4n) is 4.89. The van der Waals surface area contributed by atoms with Crippen molar-refractivity contribution in [1.29, 1.82) is 5.41 Å². The first-order valence-electron chi connectivity index (χ1n) is 12.6. The number of aliphatic carboxylic acids is 1. The number of phenolic OH excluding ortho intramolecular Hbond substituents is 1. The standard InChI is InChI=1S/C28H35N3O6.BrH/c1-5-36-19-7-6-17-13-31(27(29)21(17)12-19)15-24(32)18-10-22(28(2,3)4)26(35)23(11-18)30-9-8-20(14-30)37-16-25(33)34;/h6-7,10-12,20,29,35H,5,8-9,13-16H2,1-4H3,(H,33,34);1H. The molecule has 9 nitrogen and oxygen atoms in total. The van der Waals surface area contributed by atoms with Crippen molar-refractivity contribution in [3.63, 3.8) is 0 Å². The van der Waals surface area contributed by atoms with Gasteiger partial charge in [0.1, 0.15) is 23.9 Å². The molecule has 4 rings (SSSR count). The molecule has 206 valence electrons. The van der Waals surface area contributed by atoms with Gasteiger partial charge in [-0.15, -0.1) is 17.0 Å². The van der Waals surface area contributed by atoms with Crippen molar-refractivity contribution in [2.75, 3.05) is 37.7 Å². The molecule has 0 amide bonds. The number of carbonyl (C=O) groups is 2. The van der Waals surface area contributed by atoms with Crippen LogP contribution < -0.4 is 9.64 Å². The number of nitrogens with one attached hydrogen (secondary N) is 1.